The zero-order valence-corrected chi connectivity index (χ0v) is 14.0. The van der Waals surface area contributed by atoms with E-state index in [0.29, 0.717) is 6.04 Å². The Balaban J connectivity index is 2.12. The standard InChI is InChI=1S/C19H31NO/c1-4-8-16-9-6-10-17(14-16)18(20-13-5-2)15-19(21-3)11-7-12-19/h6,9-10,14,18,20H,4-5,7-8,11-13,15H2,1-3H3. The summed E-state index contributed by atoms with van der Waals surface area (Å²) in [5, 5.41) is 3.73. The molecule has 0 radical (unpaired) electrons. The average molecular weight is 289 g/mol. The molecule has 1 aromatic carbocycles. The summed E-state index contributed by atoms with van der Waals surface area (Å²) in [5.41, 5.74) is 3.00. The highest BCUT2D eigenvalue weighted by molar-refractivity contribution is 5.27. The first-order chi connectivity index (χ1) is 10.2. The van der Waals surface area contributed by atoms with Crippen LogP contribution in [0.15, 0.2) is 24.3 Å². The van der Waals surface area contributed by atoms with Gasteiger partial charge in [0.2, 0.25) is 0 Å². The third kappa shape index (κ3) is 4.31. The minimum absolute atomic E-state index is 0.117. The molecule has 1 unspecified atom stereocenters. The normalized spacial score (nSPS) is 18.2. The molecule has 2 rings (SSSR count). The van der Waals surface area contributed by atoms with Crippen molar-refractivity contribution in [2.24, 2.45) is 0 Å². The topological polar surface area (TPSA) is 21.3 Å². The number of ether oxygens (including phenoxy) is 1. The monoisotopic (exact) mass is 289 g/mol. The first-order valence-corrected chi connectivity index (χ1v) is 8.60. The maximum Gasteiger partial charge on any atom is 0.0697 e. The van der Waals surface area contributed by atoms with Gasteiger partial charge in [-0.3, -0.25) is 0 Å². The van der Waals surface area contributed by atoms with Gasteiger partial charge >= 0.3 is 0 Å². The van der Waals surface area contributed by atoms with Crippen molar-refractivity contribution < 1.29 is 4.74 Å². The van der Waals surface area contributed by atoms with Gasteiger partial charge in [-0.05, 0) is 56.2 Å². The second-order valence-electron chi connectivity index (χ2n) is 6.45. The maximum absolute atomic E-state index is 5.84. The lowest BCUT2D eigenvalue weighted by atomic mass is 9.74. The molecule has 1 fully saturated rings. The molecule has 21 heavy (non-hydrogen) atoms. The summed E-state index contributed by atoms with van der Waals surface area (Å²) < 4.78 is 5.84. The summed E-state index contributed by atoms with van der Waals surface area (Å²) in [6, 6.07) is 9.54. The molecule has 2 heteroatoms. The Hall–Kier alpha value is -0.860. The minimum atomic E-state index is 0.117. The van der Waals surface area contributed by atoms with Crippen LogP contribution < -0.4 is 5.32 Å². The third-order valence-corrected chi connectivity index (χ3v) is 4.81. The van der Waals surface area contributed by atoms with Crippen LogP contribution in [0.2, 0.25) is 0 Å². The van der Waals surface area contributed by atoms with Crippen LogP contribution >= 0.6 is 0 Å². The van der Waals surface area contributed by atoms with Gasteiger partial charge in [-0.25, -0.2) is 0 Å². The summed E-state index contributed by atoms with van der Waals surface area (Å²) in [7, 11) is 1.88. The smallest absolute Gasteiger partial charge is 0.0697 e. The quantitative estimate of drug-likeness (QED) is 0.715. The van der Waals surface area contributed by atoms with Gasteiger partial charge in [0.05, 0.1) is 5.60 Å². The fraction of sp³-hybridized carbons (Fsp3) is 0.684. The van der Waals surface area contributed by atoms with Gasteiger partial charge in [0.15, 0.2) is 0 Å². The van der Waals surface area contributed by atoms with Gasteiger partial charge in [-0.2, -0.15) is 0 Å². The van der Waals surface area contributed by atoms with Crippen LogP contribution in [0.5, 0.6) is 0 Å². The van der Waals surface area contributed by atoms with E-state index in [-0.39, 0.29) is 5.60 Å². The van der Waals surface area contributed by atoms with E-state index in [4.69, 9.17) is 4.74 Å². The molecule has 1 aromatic rings. The minimum Gasteiger partial charge on any atom is -0.378 e. The van der Waals surface area contributed by atoms with Crippen molar-refractivity contribution in [2.75, 3.05) is 13.7 Å². The second kappa shape index (κ2) is 7.95. The van der Waals surface area contributed by atoms with Crippen molar-refractivity contribution in [3.63, 3.8) is 0 Å². The third-order valence-electron chi connectivity index (χ3n) is 4.81. The number of benzene rings is 1. The van der Waals surface area contributed by atoms with Gasteiger partial charge in [-0.15, -0.1) is 0 Å². The van der Waals surface area contributed by atoms with Crippen molar-refractivity contribution in [3.05, 3.63) is 35.4 Å². The van der Waals surface area contributed by atoms with Crippen molar-refractivity contribution in [1.29, 1.82) is 0 Å². The molecule has 0 heterocycles. The molecule has 1 aliphatic rings. The van der Waals surface area contributed by atoms with Crippen molar-refractivity contribution in [1.82, 2.24) is 5.32 Å². The molecule has 0 amide bonds. The van der Waals surface area contributed by atoms with E-state index in [1.165, 1.54) is 49.7 Å². The number of hydrogen-bond donors (Lipinski definition) is 1. The van der Waals surface area contributed by atoms with Crippen LogP contribution in [0.3, 0.4) is 0 Å². The largest absolute Gasteiger partial charge is 0.378 e. The van der Waals surface area contributed by atoms with Gasteiger partial charge in [0.25, 0.3) is 0 Å². The predicted octanol–water partition coefficient (Wildman–Crippen LogP) is 4.64. The zero-order valence-electron chi connectivity index (χ0n) is 14.0. The van der Waals surface area contributed by atoms with E-state index in [2.05, 4.69) is 43.4 Å². The fourth-order valence-electron chi connectivity index (χ4n) is 3.32. The Kier molecular flexibility index (Phi) is 6.25. The summed E-state index contributed by atoms with van der Waals surface area (Å²) in [5.74, 6) is 0. The van der Waals surface area contributed by atoms with E-state index in [0.717, 1.165) is 13.0 Å². The van der Waals surface area contributed by atoms with Crippen molar-refractivity contribution in [3.8, 4) is 0 Å². The first-order valence-electron chi connectivity index (χ1n) is 8.60. The molecule has 0 spiro atoms. The summed E-state index contributed by atoms with van der Waals surface area (Å²) >= 11 is 0. The van der Waals surface area contributed by atoms with Crippen LogP contribution in [-0.2, 0) is 11.2 Å². The highest BCUT2D eigenvalue weighted by atomic mass is 16.5. The maximum atomic E-state index is 5.84. The van der Waals surface area contributed by atoms with E-state index >= 15 is 0 Å². The first kappa shape index (κ1) is 16.5. The Labute approximate surface area is 130 Å². The average Bonchev–Trinajstić information content (AvgIpc) is 2.47. The highest BCUT2D eigenvalue weighted by Gasteiger charge is 2.39. The summed E-state index contributed by atoms with van der Waals surface area (Å²) in [6.45, 7) is 5.54. The van der Waals surface area contributed by atoms with Crippen LogP contribution in [-0.4, -0.2) is 19.3 Å². The molecule has 1 N–H and O–H groups in total. The number of aryl methyl sites for hydroxylation is 1. The Morgan fingerprint density at radius 2 is 2.05 bits per heavy atom. The van der Waals surface area contributed by atoms with Crippen molar-refractivity contribution >= 4 is 0 Å². The molecule has 0 bridgehead atoms. The molecule has 0 aromatic heterocycles. The zero-order chi connectivity index (χ0) is 15.1. The molecule has 2 nitrogen and oxygen atoms in total. The number of nitrogens with one attached hydrogen (secondary N) is 1. The van der Waals surface area contributed by atoms with E-state index in [1.54, 1.807) is 0 Å². The Morgan fingerprint density at radius 1 is 1.24 bits per heavy atom. The predicted molar refractivity (Wildman–Crippen MR) is 89.7 cm³/mol. The molecular formula is C19H31NO. The fourth-order valence-corrected chi connectivity index (χ4v) is 3.32. The lowest BCUT2D eigenvalue weighted by molar-refractivity contribution is -0.0838. The lowest BCUT2D eigenvalue weighted by Gasteiger charge is -2.43. The molecule has 0 saturated heterocycles. The van der Waals surface area contributed by atoms with E-state index in [9.17, 15) is 0 Å². The van der Waals surface area contributed by atoms with Gasteiger partial charge in [-0.1, -0.05) is 44.5 Å². The Morgan fingerprint density at radius 3 is 2.62 bits per heavy atom. The van der Waals surface area contributed by atoms with Gasteiger partial charge < -0.3 is 10.1 Å². The van der Waals surface area contributed by atoms with Crippen molar-refractivity contribution in [2.45, 2.75) is 70.4 Å². The number of methoxy groups -OCH3 is 1. The molecule has 1 atom stereocenters. The van der Waals surface area contributed by atoms with Gasteiger partial charge in [0, 0.05) is 13.2 Å². The van der Waals surface area contributed by atoms with Gasteiger partial charge in [0.1, 0.15) is 0 Å². The van der Waals surface area contributed by atoms with Crippen LogP contribution in [0, 0.1) is 0 Å². The van der Waals surface area contributed by atoms with E-state index in [1.807, 2.05) is 7.11 Å². The second-order valence-corrected chi connectivity index (χ2v) is 6.45. The van der Waals surface area contributed by atoms with Crippen LogP contribution in [0.1, 0.15) is 69.5 Å². The molecule has 118 valence electrons. The highest BCUT2D eigenvalue weighted by Crippen LogP contribution is 2.42. The number of hydrogen-bond acceptors (Lipinski definition) is 2. The Bertz CT molecular complexity index is 420. The van der Waals surface area contributed by atoms with Crippen LogP contribution in [0.25, 0.3) is 0 Å². The molecule has 1 saturated carbocycles. The summed E-state index contributed by atoms with van der Waals surface area (Å²) in [4.78, 5) is 0. The SMILES string of the molecule is CCCNC(CC1(OC)CCC1)c1cccc(CCC)c1. The van der Waals surface area contributed by atoms with Crippen LogP contribution in [0.4, 0.5) is 0 Å². The number of rotatable bonds is 9. The summed E-state index contributed by atoms with van der Waals surface area (Å²) in [6.07, 6.45) is 8.38. The molecule has 0 aliphatic heterocycles. The molecule has 1 aliphatic carbocycles. The lowest BCUT2D eigenvalue weighted by Crippen LogP contribution is -2.43. The molecular weight excluding hydrogens is 258 g/mol. The van der Waals surface area contributed by atoms with E-state index < -0.39 is 0 Å².